The number of ether oxygens (including phenoxy) is 1. The summed E-state index contributed by atoms with van der Waals surface area (Å²) in [5.41, 5.74) is 4.51. The highest BCUT2D eigenvalue weighted by atomic mass is 16.6. The Labute approximate surface area is 101 Å². The number of esters is 1. The molecule has 0 aromatic heterocycles. The first kappa shape index (κ1) is 15.6. The van der Waals surface area contributed by atoms with Gasteiger partial charge in [-0.25, -0.2) is 4.79 Å². The van der Waals surface area contributed by atoms with Crippen LogP contribution < -0.4 is 11.1 Å². The fourth-order valence-electron chi connectivity index (χ4n) is 1.11. The lowest BCUT2D eigenvalue weighted by molar-refractivity contribution is -0.158. The van der Waals surface area contributed by atoms with Crippen molar-refractivity contribution in [2.75, 3.05) is 6.54 Å². The van der Waals surface area contributed by atoms with Gasteiger partial charge in [0.2, 0.25) is 5.91 Å². The van der Waals surface area contributed by atoms with Crippen molar-refractivity contribution in [2.24, 2.45) is 5.73 Å². The fourth-order valence-corrected chi connectivity index (χ4v) is 1.11. The number of carbonyl (C=O) groups is 3. The maximum absolute atomic E-state index is 11.7. The predicted molar refractivity (Wildman–Crippen MR) is 62.1 cm³/mol. The highest BCUT2D eigenvalue weighted by molar-refractivity contribution is 5.85. The molecule has 1 unspecified atom stereocenters. The van der Waals surface area contributed by atoms with Crippen LogP contribution >= 0.6 is 0 Å². The average Bonchev–Trinajstić information content (AvgIpc) is 2.21. The van der Waals surface area contributed by atoms with Gasteiger partial charge in [0.25, 0.3) is 0 Å². The lowest BCUT2D eigenvalue weighted by atomic mass is 10.1. The summed E-state index contributed by atoms with van der Waals surface area (Å²) in [6.45, 7) is 4.98. The van der Waals surface area contributed by atoms with Gasteiger partial charge in [-0.05, 0) is 27.2 Å². The Morgan fingerprint density at radius 2 is 2.00 bits per heavy atom. The third kappa shape index (κ3) is 7.46. The van der Waals surface area contributed by atoms with E-state index >= 15 is 0 Å². The van der Waals surface area contributed by atoms with Crippen molar-refractivity contribution >= 4 is 18.2 Å². The van der Waals surface area contributed by atoms with Gasteiger partial charge >= 0.3 is 5.97 Å². The maximum Gasteiger partial charge on any atom is 0.329 e. The minimum Gasteiger partial charge on any atom is -0.458 e. The summed E-state index contributed by atoms with van der Waals surface area (Å²) in [6, 6.07) is -0.824. The predicted octanol–water partition coefficient (Wildman–Crippen LogP) is -0.249. The first-order valence-corrected chi connectivity index (χ1v) is 5.46. The molecule has 0 aliphatic heterocycles. The van der Waals surface area contributed by atoms with Gasteiger partial charge in [-0.2, -0.15) is 0 Å². The standard InChI is InChI=1S/C11H20N2O4/c1-11(2,3)17-10(16)8(5-4-6-14)13-9(15)7-12/h6,8H,4-5,7,12H2,1-3H3,(H,13,15). The molecular formula is C11H20N2O4. The first-order valence-electron chi connectivity index (χ1n) is 5.46. The number of hydrogen-bond acceptors (Lipinski definition) is 5. The second-order valence-electron chi connectivity index (χ2n) is 4.60. The summed E-state index contributed by atoms with van der Waals surface area (Å²) < 4.78 is 5.13. The Bertz CT molecular complexity index is 284. The number of aldehydes is 1. The summed E-state index contributed by atoms with van der Waals surface area (Å²) in [5, 5.41) is 2.43. The van der Waals surface area contributed by atoms with Crippen molar-refractivity contribution in [1.29, 1.82) is 0 Å². The molecule has 0 heterocycles. The number of rotatable bonds is 6. The van der Waals surface area contributed by atoms with Gasteiger partial charge in [0.15, 0.2) is 0 Å². The van der Waals surface area contributed by atoms with E-state index in [0.717, 1.165) is 0 Å². The minimum atomic E-state index is -0.824. The molecule has 1 atom stereocenters. The van der Waals surface area contributed by atoms with Crippen LogP contribution in [0.1, 0.15) is 33.6 Å². The van der Waals surface area contributed by atoms with Gasteiger partial charge < -0.3 is 20.6 Å². The molecule has 0 aromatic rings. The molecule has 0 fully saturated rings. The molecular weight excluding hydrogens is 224 g/mol. The molecule has 6 nitrogen and oxygen atoms in total. The van der Waals surface area contributed by atoms with Crippen LogP contribution in [0.15, 0.2) is 0 Å². The van der Waals surface area contributed by atoms with Gasteiger partial charge in [-0.3, -0.25) is 4.79 Å². The van der Waals surface area contributed by atoms with Gasteiger partial charge in [0, 0.05) is 6.42 Å². The van der Waals surface area contributed by atoms with Crippen LogP contribution in [0.2, 0.25) is 0 Å². The van der Waals surface area contributed by atoms with Crippen LogP contribution in [0, 0.1) is 0 Å². The number of hydrogen-bond donors (Lipinski definition) is 2. The molecule has 0 radical (unpaired) electrons. The Hall–Kier alpha value is -1.43. The zero-order valence-corrected chi connectivity index (χ0v) is 10.5. The molecule has 0 saturated carbocycles. The molecule has 0 aromatic carbocycles. The van der Waals surface area contributed by atoms with Crippen LogP contribution in [-0.4, -0.2) is 36.4 Å². The normalized spacial score (nSPS) is 12.7. The molecule has 0 aliphatic rings. The molecule has 0 aliphatic carbocycles. The SMILES string of the molecule is CC(C)(C)OC(=O)C(CCC=O)NC(=O)CN. The third-order valence-corrected chi connectivity index (χ3v) is 1.79. The van der Waals surface area contributed by atoms with Gasteiger partial charge in [0.1, 0.15) is 17.9 Å². The topological polar surface area (TPSA) is 98.5 Å². The second kappa shape index (κ2) is 7.01. The highest BCUT2D eigenvalue weighted by Gasteiger charge is 2.25. The van der Waals surface area contributed by atoms with E-state index in [0.29, 0.717) is 6.29 Å². The van der Waals surface area contributed by atoms with Gasteiger partial charge in [-0.15, -0.1) is 0 Å². The Kier molecular flexibility index (Phi) is 6.42. The van der Waals surface area contributed by atoms with E-state index in [2.05, 4.69) is 5.32 Å². The van der Waals surface area contributed by atoms with E-state index in [1.54, 1.807) is 20.8 Å². The largest absolute Gasteiger partial charge is 0.458 e. The average molecular weight is 244 g/mol. The van der Waals surface area contributed by atoms with Gasteiger partial charge in [0.05, 0.1) is 6.54 Å². The number of nitrogens with one attached hydrogen (secondary N) is 1. The van der Waals surface area contributed by atoms with Crippen molar-refractivity contribution in [1.82, 2.24) is 5.32 Å². The molecule has 98 valence electrons. The van der Waals surface area contributed by atoms with E-state index < -0.39 is 23.5 Å². The zero-order chi connectivity index (χ0) is 13.5. The molecule has 3 N–H and O–H groups in total. The summed E-state index contributed by atoms with van der Waals surface area (Å²) in [4.78, 5) is 33.1. The second-order valence-corrected chi connectivity index (χ2v) is 4.60. The summed E-state index contributed by atoms with van der Waals surface area (Å²) in [7, 11) is 0. The quantitative estimate of drug-likeness (QED) is 0.496. The zero-order valence-electron chi connectivity index (χ0n) is 10.5. The molecule has 0 bridgehead atoms. The van der Waals surface area contributed by atoms with Gasteiger partial charge in [-0.1, -0.05) is 0 Å². The smallest absolute Gasteiger partial charge is 0.329 e. The monoisotopic (exact) mass is 244 g/mol. The van der Waals surface area contributed by atoms with Crippen molar-refractivity contribution in [3.05, 3.63) is 0 Å². The summed E-state index contributed by atoms with van der Waals surface area (Å²) in [6.07, 6.45) is 1.07. The Morgan fingerprint density at radius 1 is 1.41 bits per heavy atom. The fraction of sp³-hybridized carbons (Fsp3) is 0.727. The van der Waals surface area contributed by atoms with E-state index in [1.165, 1.54) is 0 Å². The number of nitrogens with two attached hydrogens (primary N) is 1. The Morgan fingerprint density at radius 3 is 2.41 bits per heavy atom. The van der Waals surface area contributed by atoms with Crippen LogP contribution in [0.4, 0.5) is 0 Å². The third-order valence-electron chi connectivity index (χ3n) is 1.79. The molecule has 1 amide bonds. The van der Waals surface area contributed by atoms with Crippen LogP contribution in [-0.2, 0) is 19.1 Å². The summed E-state index contributed by atoms with van der Waals surface area (Å²) >= 11 is 0. The summed E-state index contributed by atoms with van der Waals surface area (Å²) in [5.74, 6) is -1.01. The highest BCUT2D eigenvalue weighted by Crippen LogP contribution is 2.10. The maximum atomic E-state index is 11.7. The van der Waals surface area contributed by atoms with E-state index in [-0.39, 0.29) is 19.4 Å². The lowest BCUT2D eigenvalue weighted by Gasteiger charge is -2.24. The Balaban J connectivity index is 4.49. The molecule has 0 rings (SSSR count). The molecule has 17 heavy (non-hydrogen) atoms. The van der Waals surface area contributed by atoms with Crippen molar-refractivity contribution in [3.8, 4) is 0 Å². The van der Waals surface area contributed by atoms with Crippen LogP contribution in [0.25, 0.3) is 0 Å². The molecule has 0 spiro atoms. The lowest BCUT2D eigenvalue weighted by Crippen LogP contribution is -2.46. The van der Waals surface area contributed by atoms with Crippen LogP contribution in [0.3, 0.4) is 0 Å². The van der Waals surface area contributed by atoms with E-state index in [9.17, 15) is 14.4 Å². The first-order chi connectivity index (χ1) is 7.80. The minimum absolute atomic E-state index is 0.175. The molecule has 6 heteroatoms. The number of amides is 1. The van der Waals surface area contributed by atoms with Crippen molar-refractivity contribution in [3.63, 3.8) is 0 Å². The van der Waals surface area contributed by atoms with Crippen molar-refractivity contribution in [2.45, 2.75) is 45.3 Å². The van der Waals surface area contributed by atoms with E-state index in [4.69, 9.17) is 10.5 Å². The van der Waals surface area contributed by atoms with Crippen molar-refractivity contribution < 1.29 is 19.1 Å². The van der Waals surface area contributed by atoms with Crippen LogP contribution in [0.5, 0.6) is 0 Å². The van der Waals surface area contributed by atoms with E-state index in [1.807, 2.05) is 0 Å². The number of carbonyl (C=O) groups excluding carboxylic acids is 3. The molecule has 0 saturated heterocycles.